The normalized spacial score (nSPS) is 12.8. The van der Waals surface area contributed by atoms with Gasteiger partial charge in [0.1, 0.15) is 0 Å². The molecule has 5 heteroatoms. The van der Waals surface area contributed by atoms with E-state index in [0.29, 0.717) is 21.7 Å². The van der Waals surface area contributed by atoms with Crippen molar-refractivity contribution in [2.24, 2.45) is 4.99 Å². The predicted octanol–water partition coefficient (Wildman–Crippen LogP) is -0.419. The second-order valence-corrected chi connectivity index (χ2v) is 3.68. The summed E-state index contributed by atoms with van der Waals surface area (Å²) in [5.74, 6) is -0.415. The molecule has 1 amide bonds. The van der Waals surface area contributed by atoms with Crippen molar-refractivity contribution in [2.45, 2.75) is 0 Å². The van der Waals surface area contributed by atoms with Gasteiger partial charge < -0.3 is 0 Å². The lowest BCUT2D eigenvalue weighted by Gasteiger charge is -1.96. The Morgan fingerprint density at radius 2 is 2.12 bits per heavy atom. The fourth-order valence-corrected chi connectivity index (χ4v) is 1.74. The van der Waals surface area contributed by atoms with Gasteiger partial charge in [0.25, 0.3) is 5.91 Å². The average Bonchev–Trinajstić information content (AvgIpc) is 2.94. The minimum absolute atomic E-state index is 0.130. The van der Waals surface area contributed by atoms with E-state index in [0.717, 1.165) is 0 Å². The number of nitrogens with zero attached hydrogens (tertiary/aromatic N) is 2. The van der Waals surface area contributed by atoms with E-state index in [1.165, 1.54) is 18.5 Å². The van der Waals surface area contributed by atoms with Crippen molar-refractivity contribution in [1.29, 1.82) is 0 Å². The van der Waals surface area contributed by atoms with Crippen LogP contribution in [0.5, 0.6) is 0 Å². The Hall–Kier alpha value is -2.56. The van der Waals surface area contributed by atoms with Gasteiger partial charge in [-0.2, -0.15) is 5.10 Å². The molecule has 0 saturated carbocycles. The summed E-state index contributed by atoms with van der Waals surface area (Å²) >= 11 is 0. The third-order valence-electron chi connectivity index (χ3n) is 2.56. The van der Waals surface area contributed by atoms with Gasteiger partial charge in [-0.3, -0.25) is 14.7 Å². The summed E-state index contributed by atoms with van der Waals surface area (Å²) in [7, 11) is 0. The lowest BCUT2D eigenvalue weighted by molar-refractivity contribution is -0.112. The second-order valence-electron chi connectivity index (χ2n) is 3.68. The summed E-state index contributed by atoms with van der Waals surface area (Å²) in [5.41, 5.74) is 1.01. The predicted molar refractivity (Wildman–Crippen MR) is 58.7 cm³/mol. The number of H-pyrrole nitrogens is 1. The highest BCUT2D eigenvalue weighted by Crippen LogP contribution is 2.05. The summed E-state index contributed by atoms with van der Waals surface area (Å²) in [6, 6.07) is 4.99. The Morgan fingerprint density at radius 1 is 1.24 bits per heavy atom. The summed E-state index contributed by atoms with van der Waals surface area (Å²) in [6.07, 6.45) is 4.42. The molecule has 17 heavy (non-hydrogen) atoms. The van der Waals surface area contributed by atoms with Crippen LogP contribution in [0.4, 0.5) is 0 Å². The van der Waals surface area contributed by atoms with Crippen LogP contribution in [0.1, 0.15) is 15.9 Å². The molecule has 0 unspecified atom stereocenters. The summed E-state index contributed by atoms with van der Waals surface area (Å²) in [6.45, 7) is 0. The lowest BCUT2D eigenvalue weighted by atomic mass is 10.1. The van der Waals surface area contributed by atoms with Gasteiger partial charge in [-0.25, -0.2) is 4.99 Å². The van der Waals surface area contributed by atoms with Gasteiger partial charge in [0, 0.05) is 23.1 Å². The minimum atomic E-state index is -0.284. The van der Waals surface area contributed by atoms with Crippen molar-refractivity contribution in [3.8, 4) is 0 Å². The maximum Gasteiger partial charge on any atom is 0.270 e. The van der Waals surface area contributed by atoms with E-state index in [1.807, 2.05) is 0 Å². The number of amides is 1. The zero-order chi connectivity index (χ0) is 11.8. The monoisotopic (exact) mass is 225 g/mol. The van der Waals surface area contributed by atoms with E-state index < -0.39 is 0 Å². The maximum atomic E-state index is 12.0. The number of hydrogen-bond donors (Lipinski definition) is 1. The third-order valence-corrected chi connectivity index (χ3v) is 2.56. The van der Waals surface area contributed by atoms with Crippen LogP contribution in [0.25, 0.3) is 6.08 Å². The molecular weight excluding hydrogens is 218 g/mol. The van der Waals surface area contributed by atoms with E-state index >= 15 is 0 Å². The van der Waals surface area contributed by atoms with E-state index in [1.54, 1.807) is 18.2 Å². The van der Waals surface area contributed by atoms with Gasteiger partial charge in [0.2, 0.25) is 0 Å². The lowest BCUT2D eigenvalue weighted by Crippen LogP contribution is -2.22. The van der Waals surface area contributed by atoms with Crippen LogP contribution in [0.2, 0.25) is 0 Å². The summed E-state index contributed by atoms with van der Waals surface area (Å²) in [5, 5.41) is 7.61. The Kier molecular flexibility index (Phi) is 1.98. The Bertz CT molecular complexity index is 730. The molecule has 3 rings (SSSR count). The van der Waals surface area contributed by atoms with Gasteiger partial charge in [-0.15, -0.1) is 0 Å². The van der Waals surface area contributed by atoms with Crippen molar-refractivity contribution in [3.05, 3.63) is 52.3 Å². The van der Waals surface area contributed by atoms with Crippen molar-refractivity contribution < 1.29 is 9.59 Å². The third kappa shape index (κ3) is 1.57. The van der Waals surface area contributed by atoms with Gasteiger partial charge in [0.05, 0.1) is 17.1 Å². The molecule has 0 atom stereocenters. The van der Waals surface area contributed by atoms with E-state index in [-0.39, 0.29) is 11.7 Å². The molecule has 0 saturated heterocycles. The number of fused-ring (bicyclic) bond motifs is 1. The number of carbonyl (C=O) groups excluding carboxylic acids is 2. The van der Waals surface area contributed by atoms with E-state index in [2.05, 4.69) is 15.2 Å². The highest BCUT2D eigenvalue weighted by Gasteiger charge is 2.11. The number of aromatic nitrogens is 2. The molecule has 82 valence electrons. The largest absolute Gasteiger partial charge is 0.288 e. The molecular formula is C12H7N3O2. The zero-order valence-corrected chi connectivity index (χ0v) is 8.68. The molecule has 1 aromatic heterocycles. The fraction of sp³-hybridized carbons (Fsp3) is 0. The van der Waals surface area contributed by atoms with Crippen LogP contribution in [0, 0.1) is 0 Å². The van der Waals surface area contributed by atoms with Gasteiger partial charge >= 0.3 is 0 Å². The number of carbonyl (C=O) groups is 2. The highest BCUT2D eigenvalue weighted by molar-refractivity contribution is 6.10. The molecule has 0 aliphatic carbocycles. The number of benzene rings is 1. The molecule has 1 aliphatic heterocycles. The van der Waals surface area contributed by atoms with E-state index in [9.17, 15) is 9.59 Å². The molecule has 0 fully saturated rings. The average molecular weight is 225 g/mol. The van der Waals surface area contributed by atoms with Crippen molar-refractivity contribution in [2.75, 3.05) is 0 Å². The summed E-state index contributed by atoms with van der Waals surface area (Å²) < 4.78 is 0. The molecule has 0 bridgehead atoms. The highest BCUT2D eigenvalue weighted by atomic mass is 16.1. The standard InChI is InChI=1S/C12H7N3O2/c16-11-4-8-3-7(1-2-10(8)15-11)12(17)9-5-13-14-6-9/h1-6H,(H,13,14). The Morgan fingerprint density at radius 3 is 2.88 bits per heavy atom. The summed E-state index contributed by atoms with van der Waals surface area (Å²) in [4.78, 5) is 26.9. The molecule has 1 aliphatic rings. The molecule has 1 N–H and O–H groups in total. The SMILES string of the molecule is O=C1C=c2cc(C(=O)c3cn[nH]c3)ccc2=N1. The first-order chi connectivity index (χ1) is 8.24. The van der Waals surface area contributed by atoms with Gasteiger partial charge in [-0.05, 0) is 18.2 Å². The van der Waals surface area contributed by atoms with Crippen LogP contribution in [-0.2, 0) is 4.79 Å². The maximum absolute atomic E-state index is 12.0. The number of aromatic amines is 1. The van der Waals surface area contributed by atoms with Crippen LogP contribution in [0.15, 0.2) is 35.6 Å². The first kappa shape index (κ1) is 9.65. The fourth-order valence-electron chi connectivity index (χ4n) is 1.74. The quantitative estimate of drug-likeness (QED) is 0.705. The first-order valence-electron chi connectivity index (χ1n) is 5.02. The van der Waals surface area contributed by atoms with Crippen molar-refractivity contribution in [3.63, 3.8) is 0 Å². The van der Waals surface area contributed by atoms with Crippen LogP contribution < -0.4 is 10.6 Å². The molecule has 0 radical (unpaired) electrons. The molecule has 2 aromatic rings. The molecule has 1 aromatic carbocycles. The topological polar surface area (TPSA) is 75.2 Å². The zero-order valence-electron chi connectivity index (χ0n) is 8.68. The van der Waals surface area contributed by atoms with Gasteiger partial charge in [-0.1, -0.05) is 0 Å². The van der Waals surface area contributed by atoms with Gasteiger partial charge in [0.15, 0.2) is 5.78 Å². The molecule has 2 heterocycles. The number of nitrogens with one attached hydrogen (secondary N) is 1. The van der Waals surface area contributed by atoms with Crippen LogP contribution >= 0.6 is 0 Å². The smallest absolute Gasteiger partial charge is 0.270 e. The number of hydrogen-bond acceptors (Lipinski definition) is 3. The minimum Gasteiger partial charge on any atom is -0.288 e. The van der Waals surface area contributed by atoms with E-state index in [4.69, 9.17) is 0 Å². The van der Waals surface area contributed by atoms with Crippen molar-refractivity contribution in [1.82, 2.24) is 10.2 Å². The van der Waals surface area contributed by atoms with Crippen molar-refractivity contribution >= 4 is 17.8 Å². The Balaban J connectivity index is 2.11. The molecule has 5 nitrogen and oxygen atoms in total. The Labute approximate surface area is 95.5 Å². The number of ketones is 1. The first-order valence-corrected chi connectivity index (χ1v) is 5.02. The second kappa shape index (κ2) is 3.48. The van der Waals surface area contributed by atoms with Crippen LogP contribution in [0.3, 0.4) is 0 Å². The number of rotatable bonds is 2. The molecule has 0 spiro atoms. The van der Waals surface area contributed by atoms with Crippen LogP contribution in [-0.4, -0.2) is 21.9 Å².